The summed E-state index contributed by atoms with van der Waals surface area (Å²) in [7, 11) is 1.88. The molecule has 0 amide bonds. The van der Waals surface area contributed by atoms with Crippen molar-refractivity contribution in [3.63, 3.8) is 0 Å². The first-order valence-corrected chi connectivity index (χ1v) is 6.02. The number of aromatic nitrogens is 2. The molecule has 2 aromatic rings. The Bertz CT molecular complexity index is 533. The van der Waals surface area contributed by atoms with Gasteiger partial charge in [-0.05, 0) is 17.7 Å². The Morgan fingerprint density at radius 1 is 1.33 bits per heavy atom. The van der Waals surface area contributed by atoms with E-state index in [-0.39, 0.29) is 0 Å². The highest BCUT2D eigenvalue weighted by Gasteiger charge is 1.99. The zero-order chi connectivity index (χ0) is 13.0. The second-order valence-corrected chi connectivity index (χ2v) is 4.62. The number of rotatable bonds is 5. The predicted octanol–water partition coefficient (Wildman–Crippen LogP) is 1.83. The second kappa shape index (κ2) is 5.64. The lowest BCUT2D eigenvalue weighted by molar-refractivity contribution is 0.306. The summed E-state index contributed by atoms with van der Waals surface area (Å²) in [6.45, 7) is 0.516. The quantitative estimate of drug-likeness (QED) is 0.834. The molecule has 4 nitrogen and oxygen atoms in total. The average Bonchev–Trinajstić information content (AvgIpc) is 2.74. The minimum absolute atomic E-state index is 0.499. The molecule has 2 rings (SSSR count). The lowest BCUT2D eigenvalue weighted by Crippen LogP contribution is -2.10. The first-order chi connectivity index (χ1) is 8.63. The van der Waals surface area contributed by atoms with E-state index in [4.69, 9.17) is 22.7 Å². The topological polar surface area (TPSA) is 53.1 Å². The van der Waals surface area contributed by atoms with Crippen LogP contribution >= 0.6 is 12.2 Å². The molecule has 5 heteroatoms. The van der Waals surface area contributed by atoms with Crippen molar-refractivity contribution in [2.75, 3.05) is 0 Å². The molecule has 0 radical (unpaired) electrons. The maximum Gasteiger partial charge on any atom is 0.119 e. The molecule has 0 aliphatic carbocycles. The summed E-state index contributed by atoms with van der Waals surface area (Å²) in [5.41, 5.74) is 7.63. The molecule has 0 bridgehead atoms. The molecule has 1 aromatic heterocycles. The summed E-state index contributed by atoms with van der Waals surface area (Å²) in [5, 5.41) is 4.08. The molecule has 2 N–H and O–H groups in total. The monoisotopic (exact) mass is 261 g/mol. The van der Waals surface area contributed by atoms with Crippen LogP contribution in [0.1, 0.15) is 11.1 Å². The van der Waals surface area contributed by atoms with Crippen molar-refractivity contribution < 1.29 is 4.74 Å². The molecule has 94 valence electrons. The van der Waals surface area contributed by atoms with E-state index in [0.717, 1.165) is 16.9 Å². The Morgan fingerprint density at radius 3 is 2.61 bits per heavy atom. The fourth-order valence-electron chi connectivity index (χ4n) is 1.62. The van der Waals surface area contributed by atoms with Crippen molar-refractivity contribution in [2.24, 2.45) is 12.8 Å². The number of nitrogens with zero attached hydrogens (tertiary/aromatic N) is 2. The summed E-state index contributed by atoms with van der Waals surface area (Å²) in [6, 6.07) is 7.78. The van der Waals surface area contributed by atoms with Crippen LogP contribution in [0, 0.1) is 0 Å². The standard InChI is InChI=1S/C13H15N3OS/c1-16-8-11(7-15-16)9-17-12-4-2-10(3-5-12)6-13(14)18/h2-5,7-8H,6,9H2,1H3,(H2,14,18). The zero-order valence-electron chi connectivity index (χ0n) is 10.2. The highest BCUT2D eigenvalue weighted by molar-refractivity contribution is 7.80. The van der Waals surface area contributed by atoms with E-state index in [1.165, 1.54) is 0 Å². The number of hydrogen-bond acceptors (Lipinski definition) is 3. The van der Waals surface area contributed by atoms with Crippen molar-refractivity contribution in [1.29, 1.82) is 0 Å². The lowest BCUT2D eigenvalue weighted by atomic mass is 10.1. The van der Waals surface area contributed by atoms with E-state index >= 15 is 0 Å². The summed E-state index contributed by atoms with van der Waals surface area (Å²) >= 11 is 4.87. The van der Waals surface area contributed by atoms with Crippen LogP contribution in [-0.2, 0) is 20.1 Å². The van der Waals surface area contributed by atoms with Crippen LogP contribution in [0.15, 0.2) is 36.7 Å². The molecule has 0 aliphatic rings. The number of ether oxygens (including phenoxy) is 1. The van der Waals surface area contributed by atoms with Crippen LogP contribution in [0.3, 0.4) is 0 Å². The van der Waals surface area contributed by atoms with Gasteiger partial charge in [0.1, 0.15) is 12.4 Å². The highest BCUT2D eigenvalue weighted by atomic mass is 32.1. The van der Waals surface area contributed by atoms with Gasteiger partial charge in [0.2, 0.25) is 0 Å². The van der Waals surface area contributed by atoms with Gasteiger partial charge in [-0.15, -0.1) is 0 Å². The molecule has 0 saturated carbocycles. The molecular formula is C13H15N3OS. The average molecular weight is 261 g/mol. The maximum absolute atomic E-state index is 5.65. The molecule has 0 unspecified atom stereocenters. The largest absolute Gasteiger partial charge is 0.489 e. The van der Waals surface area contributed by atoms with Crippen LogP contribution in [0.5, 0.6) is 5.75 Å². The van der Waals surface area contributed by atoms with Crippen LogP contribution < -0.4 is 10.5 Å². The Labute approximate surface area is 111 Å². The van der Waals surface area contributed by atoms with Gasteiger partial charge in [-0.25, -0.2) is 0 Å². The molecule has 0 fully saturated rings. The molecule has 0 saturated heterocycles. The van der Waals surface area contributed by atoms with Crippen molar-refractivity contribution in [3.8, 4) is 5.75 Å². The van der Waals surface area contributed by atoms with Crippen molar-refractivity contribution in [1.82, 2.24) is 9.78 Å². The maximum atomic E-state index is 5.65. The van der Waals surface area contributed by atoms with E-state index < -0.39 is 0 Å². The second-order valence-electron chi connectivity index (χ2n) is 4.10. The minimum atomic E-state index is 0.499. The Balaban J connectivity index is 1.92. The van der Waals surface area contributed by atoms with Gasteiger partial charge in [-0.3, -0.25) is 4.68 Å². The fourth-order valence-corrected chi connectivity index (χ4v) is 1.78. The van der Waals surface area contributed by atoms with E-state index in [0.29, 0.717) is 18.0 Å². The van der Waals surface area contributed by atoms with Gasteiger partial charge in [-0.1, -0.05) is 24.4 Å². The number of benzene rings is 1. The van der Waals surface area contributed by atoms with E-state index in [2.05, 4.69) is 5.10 Å². The van der Waals surface area contributed by atoms with Crippen molar-refractivity contribution in [3.05, 3.63) is 47.8 Å². The van der Waals surface area contributed by atoms with Crippen molar-refractivity contribution in [2.45, 2.75) is 13.0 Å². The summed E-state index contributed by atoms with van der Waals surface area (Å²) in [4.78, 5) is 0.499. The van der Waals surface area contributed by atoms with Crippen LogP contribution in [0.25, 0.3) is 0 Å². The van der Waals surface area contributed by atoms with Gasteiger partial charge in [0, 0.05) is 25.2 Å². The third-order valence-corrected chi connectivity index (χ3v) is 2.61. The Kier molecular flexibility index (Phi) is 3.94. The van der Waals surface area contributed by atoms with Gasteiger partial charge in [0.25, 0.3) is 0 Å². The van der Waals surface area contributed by atoms with Crippen LogP contribution in [0.4, 0.5) is 0 Å². The number of thiocarbonyl (C=S) groups is 1. The summed E-state index contributed by atoms with van der Waals surface area (Å²) < 4.78 is 7.40. The fraction of sp³-hybridized carbons (Fsp3) is 0.231. The zero-order valence-corrected chi connectivity index (χ0v) is 11.0. The normalized spacial score (nSPS) is 10.3. The first-order valence-electron chi connectivity index (χ1n) is 5.61. The van der Waals surface area contributed by atoms with Crippen molar-refractivity contribution >= 4 is 17.2 Å². The van der Waals surface area contributed by atoms with Gasteiger partial charge in [-0.2, -0.15) is 5.10 Å². The smallest absolute Gasteiger partial charge is 0.119 e. The van der Waals surface area contributed by atoms with Gasteiger partial charge >= 0.3 is 0 Å². The molecule has 1 aromatic carbocycles. The van der Waals surface area contributed by atoms with Gasteiger partial charge < -0.3 is 10.5 Å². The van der Waals surface area contributed by atoms with Crippen LogP contribution in [0.2, 0.25) is 0 Å². The SMILES string of the molecule is Cn1cc(COc2ccc(CC(N)=S)cc2)cn1. The lowest BCUT2D eigenvalue weighted by Gasteiger charge is -2.05. The molecule has 0 aliphatic heterocycles. The molecule has 0 atom stereocenters. The third kappa shape index (κ3) is 3.56. The number of hydrogen-bond donors (Lipinski definition) is 1. The molecular weight excluding hydrogens is 246 g/mol. The molecule has 0 spiro atoms. The number of nitrogens with two attached hydrogens (primary N) is 1. The summed E-state index contributed by atoms with van der Waals surface area (Å²) in [5.74, 6) is 0.825. The Morgan fingerprint density at radius 2 is 2.06 bits per heavy atom. The third-order valence-electron chi connectivity index (χ3n) is 2.47. The highest BCUT2D eigenvalue weighted by Crippen LogP contribution is 2.14. The van der Waals surface area contributed by atoms with E-state index in [9.17, 15) is 0 Å². The molecule has 18 heavy (non-hydrogen) atoms. The number of aryl methyl sites for hydroxylation is 1. The minimum Gasteiger partial charge on any atom is -0.489 e. The predicted molar refractivity (Wildman–Crippen MR) is 74.5 cm³/mol. The first kappa shape index (κ1) is 12.6. The van der Waals surface area contributed by atoms with Gasteiger partial charge in [0.15, 0.2) is 0 Å². The van der Waals surface area contributed by atoms with E-state index in [1.807, 2.05) is 37.5 Å². The summed E-state index contributed by atoms with van der Waals surface area (Å²) in [6.07, 6.45) is 4.35. The van der Waals surface area contributed by atoms with E-state index in [1.54, 1.807) is 10.9 Å². The van der Waals surface area contributed by atoms with Crippen LogP contribution in [-0.4, -0.2) is 14.8 Å². The Hall–Kier alpha value is -1.88. The molecule has 1 heterocycles. The van der Waals surface area contributed by atoms with Gasteiger partial charge in [0.05, 0.1) is 11.2 Å².